The molecule has 0 saturated carbocycles. The lowest BCUT2D eigenvalue weighted by molar-refractivity contribution is -0.128. The van der Waals surface area contributed by atoms with Gasteiger partial charge >= 0.3 is 0 Å². The fourth-order valence-electron chi connectivity index (χ4n) is 2.84. The number of ether oxygens (including phenoxy) is 1. The van der Waals surface area contributed by atoms with Crippen molar-refractivity contribution >= 4 is 75.1 Å². The number of hydrazone groups is 1. The van der Waals surface area contributed by atoms with Gasteiger partial charge < -0.3 is 10.1 Å². The van der Waals surface area contributed by atoms with E-state index in [1.807, 2.05) is 0 Å². The molecule has 1 aliphatic heterocycles. The van der Waals surface area contributed by atoms with E-state index in [9.17, 15) is 18.8 Å². The number of benzene rings is 2. The molecule has 2 aromatic carbocycles. The van der Waals surface area contributed by atoms with Crippen molar-refractivity contribution < 1.29 is 23.5 Å². The highest BCUT2D eigenvalue weighted by Gasteiger charge is 2.38. The summed E-state index contributed by atoms with van der Waals surface area (Å²) in [6.45, 7) is 3.31. The zero-order valence-electron chi connectivity index (χ0n) is 17.9. The summed E-state index contributed by atoms with van der Waals surface area (Å²) >= 11 is 18.8. The van der Waals surface area contributed by atoms with E-state index in [0.29, 0.717) is 5.69 Å². The van der Waals surface area contributed by atoms with Crippen molar-refractivity contribution in [2.75, 3.05) is 18.5 Å². The molecule has 1 heterocycles. The third-order valence-corrected chi connectivity index (χ3v) is 6.63. The molecule has 0 aromatic heterocycles. The van der Waals surface area contributed by atoms with Gasteiger partial charge in [0.15, 0.2) is 11.8 Å². The highest BCUT2D eigenvalue weighted by atomic mass is 35.5. The third kappa shape index (κ3) is 7.35. The minimum atomic E-state index is -0.766. The zero-order valence-corrected chi connectivity index (χ0v) is 21.0. The Labute approximate surface area is 219 Å². The maximum atomic E-state index is 13.0. The van der Waals surface area contributed by atoms with Gasteiger partial charge in [-0.3, -0.25) is 19.3 Å². The first-order valence-corrected chi connectivity index (χ1v) is 12.0. The number of carbonyl (C=O) groups excluding carboxylic acids is 3. The topological polar surface area (TPSA) is 100 Å². The number of nitrogens with zero attached hydrogens (tertiary/aromatic N) is 2. The molecule has 3 amide bonds. The number of thioether (sulfide) groups is 1. The number of hydrogen-bond acceptors (Lipinski definition) is 6. The van der Waals surface area contributed by atoms with Crippen LogP contribution in [0.1, 0.15) is 6.42 Å². The summed E-state index contributed by atoms with van der Waals surface area (Å²) < 4.78 is 18.4. The number of halogens is 4. The molecule has 1 saturated heterocycles. The van der Waals surface area contributed by atoms with Gasteiger partial charge in [-0.2, -0.15) is 0 Å². The smallest absolute Gasteiger partial charge is 0.278 e. The van der Waals surface area contributed by atoms with Gasteiger partial charge in [0.05, 0.1) is 15.1 Å². The SMILES string of the molecule is C=CCN1C(=O)C(CC(=O)Nc2ccc(F)cc2)S/C1=N/NC(=O)COc1cc(Cl)c(Cl)cc1Cl. The molecular weight excluding hydrogens is 542 g/mol. The molecule has 0 bridgehead atoms. The Morgan fingerprint density at radius 2 is 1.83 bits per heavy atom. The van der Waals surface area contributed by atoms with Crippen LogP contribution in [0.15, 0.2) is 54.2 Å². The van der Waals surface area contributed by atoms with Crippen LogP contribution in [0.3, 0.4) is 0 Å². The van der Waals surface area contributed by atoms with Crippen LogP contribution in [0, 0.1) is 5.82 Å². The number of amidine groups is 1. The Morgan fingerprint density at radius 1 is 1.14 bits per heavy atom. The van der Waals surface area contributed by atoms with Crippen LogP contribution in [-0.4, -0.2) is 46.2 Å². The Morgan fingerprint density at radius 3 is 2.51 bits per heavy atom. The molecule has 35 heavy (non-hydrogen) atoms. The van der Waals surface area contributed by atoms with Crippen LogP contribution < -0.4 is 15.5 Å². The lowest BCUT2D eigenvalue weighted by atomic mass is 10.2. The molecule has 1 unspecified atom stereocenters. The maximum absolute atomic E-state index is 13.0. The van der Waals surface area contributed by atoms with Crippen LogP contribution >= 0.6 is 46.6 Å². The van der Waals surface area contributed by atoms with Gasteiger partial charge in [-0.1, -0.05) is 52.6 Å². The standard InChI is InChI=1S/C22H18Cl3FN4O4S/c1-2-7-30-21(33)18(10-19(31)27-13-5-3-12(26)4-6-13)35-22(30)29-28-20(32)11-34-17-9-15(24)14(23)8-16(17)25/h2-6,8-9,18H,1,7,10-11H2,(H,27,31)(H,28,32)/b29-22+. The van der Waals surface area contributed by atoms with Gasteiger partial charge in [0, 0.05) is 24.7 Å². The van der Waals surface area contributed by atoms with E-state index < -0.39 is 29.5 Å². The fraction of sp³-hybridized carbons (Fsp3) is 0.182. The molecule has 0 radical (unpaired) electrons. The summed E-state index contributed by atoms with van der Waals surface area (Å²) in [5, 5.41) is 6.65. The van der Waals surface area contributed by atoms with Crippen LogP contribution in [0.2, 0.25) is 15.1 Å². The summed E-state index contributed by atoms with van der Waals surface area (Å²) in [7, 11) is 0. The van der Waals surface area contributed by atoms with Crippen molar-refractivity contribution in [2.45, 2.75) is 11.7 Å². The largest absolute Gasteiger partial charge is 0.482 e. The minimum Gasteiger partial charge on any atom is -0.482 e. The monoisotopic (exact) mass is 558 g/mol. The highest BCUT2D eigenvalue weighted by Crippen LogP contribution is 2.34. The van der Waals surface area contributed by atoms with Gasteiger partial charge in [-0.05, 0) is 30.3 Å². The van der Waals surface area contributed by atoms with Crippen LogP contribution in [-0.2, 0) is 14.4 Å². The summed E-state index contributed by atoms with van der Waals surface area (Å²) in [4.78, 5) is 38.6. The Kier molecular flexibility index (Phi) is 9.39. The second kappa shape index (κ2) is 12.3. The first kappa shape index (κ1) is 26.8. The molecule has 1 fully saturated rings. The predicted octanol–water partition coefficient (Wildman–Crippen LogP) is 4.71. The maximum Gasteiger partial charge on any atom is 0.278 e. The van der Waals surface area contributed by atoms with Gasteiger partial charge in [0.25, 0.3) is 5.91 Å². The fourth-order valence-corrected chi connectivity index (χ4v) is 4.54. The molecule has 1 atom stereocenters. The van der Waals surface area contributed by atoms with Crippen molar-refractivity contribution in [3.63, 3.8) is 0 Å². The molecule has 13 heteroatoms. The van der Waals surface area contributed by atoms with Gasteiger partial charge in [-0.25, -0.2) is 9.82 Å². The molecule has 1 aliphatic rings. The van der Waals surface area contributed by atoms with Crippen molar-refractivity contribution in [1.82, 2.24) is 10.3 Å². The van der Waals surface area contributed by atoms with Crippen molar-refractivity contribution in [1.29, 1.82) is 0 Å². The lowest BCUT2D eigenvalue weighted by Crippen LogP contribution is -2.35. The first-order valence-electron chi connectivity index (χ1n) is 9.96. The van der Waals surface area contributed by atoms with E-state index in [1.165, 1.54) is 47.4 Å². The molecule has 8 nitrogen and oxygen atoms in total. The van der Waals surface area contributed by atoms with Gasteiger partial charge in [0.1, 0.15) is 16.8 Å². The molecule has 0 spiro atoms. The molecule has 0 aliphatic carbocycles. The zero-order chi connectivity index (χ0) is 25.5. The molecule has 2 N–H and O–H groups in total. The van der Waals surface area contributed by atoms with Gasteiger partial charge in [-0.15, -0.1) is 11.7 Å². The lowest BCUT2D eigenvalue weighted by Gasteiger charge is -2.14. The van der Waals surface area contributed by atoms with E-state index in [-0.39, 0.29) is 44.9 Å². The van der Waals surface area contributed by atoms with Crippen LogP contribution in [0.4, 0.5) is 10.1 Å². The average Bonchev–Trinajstić information content (AvgIpc) is 3.10. The van der Waals surface area contributed by atoms with Crippen molar-refractivity contribution in [2.24, 2.45) is 5.10 Å². The number of hydrogen-bond donors (Lipinski definition) is 2. The summed E-state index contributed by atoms with van der Waals surface area (Å²) in [5.74, 6) is -1.69. The number of anilines is 1. The second-order valence-corrected chi connectivity index (χ2v) is 9.41. The Hall–Kier alpha value is -2.79. The molecule has 184 valence electrons. The second-order valence-electron chi connectivity index (χ2n) is 7.02. The van der Waals surface area contributed by atoms with Gasteiger partial charge in [0.2, 0.25) is 11.8 Å². The number of amides is 3. The summed E-state index contributed by atoms with van der Waals surface area (Å²) in [6, 6.07) is 8.02. The van der Waals surface area contributed by atoms with E-state index in [4.69, 9.17) is 39.5 Å². The molecule has 3 rings (SSSR count). The predicted molar refractivity (Wildman–Crippen MR) is 135 cm³/mol. The first-order chi connectivity index (χ1) is 16.7. The molecular formula is C22H18Cl3FN4O4S. The normalized spacial score (nSPS) is 16.3. The van der Waals surface area contributed by atoms with Crippen LogP contribution in [0.25, 0.3) is 0 Å². The summed E-state index contributed by atoms with van der Waals surface area (Å²) in [6.07, 6.45) is 1.34. The molecule has 2 aromatic rings. The van der Waals surface area contributed by atoms with E-state index in [2.05, 4.69) is 22.4 Å². The van der Waals surface area contributed by atoms with Crippen LogP contribution in [0.5, 0.6) is 5.75 Å². The third-order valence-electron chi connectivity index (χ3n) is 4.44. The highest BCUT2D eigenvalue weighted by molar-refractivity contribution is 8.15. The summed E-state index contributed by atoms with van der Waals surface area (Å²) in [5.41, 5.74) is 2.71. The Bertz CT molecular complexity index is 1180. The van der Waals surface area contributed by atoms with Crippen molar-refractivity contribution in [3.8, 4) is 5.75 Å². The quantitative estimate of drug-likeness (QED) is 0.263. The average molecular weight is 560 g/mol. The van der Waals surface area contributed by atoms with E-state index >= 15 is 0 Å². The minimum absolute atomic E-state index is 0.131. The van der Waals surface area contributed by atoms with E-state index in [0.717, 1.165) is 11.8 Å². The Balaban J connectivity index is 1.59. The number of carbonyl (C=O) groups is 3. The number of rotatable bonds is 9. The number of nitrogens with one attached hydrogen (secondary N) is 2. The van der Waals surface area contributed by atoms with E-state index in [1.54, 1.807) is 0 Å². The van der Waals surface area contributed by atoms with Crippen molar-refractivity contribution in [3.05, 3.63) is 69.9 Å².